The first kappa shape index (κ1) is 20.3. The molecule has 2 aromatic heterocycles. The molecule has 0 saturated heterocycles. The first-order valence-corrected chi connectivity index (χ1v) is 9.96. The molecular formula is C23H21ClFN3O2. The van der Waals surface area contributed by atoms with Crippen LogP contribution in [0.25, 0.3) is 16.7 Å². The Morgan fingerprint density at radius 2 is 1.93 bits per heavy atom. The van der Waals surface area contributed by atoms with Gasteiger partial charge in [-0.3, -0.25) is 4.79 Å². The van der Waals surface area contributed by atoms with Gasteiger partial charge >= 0.3 is 0 Å². The molecule has 7 heteroatoms. The van der Waals surface area contributed by atoms with E-state index in [1.807, 2.05) is 48.7 Å². The number of aromatic nitrogens is 3. The summed E-state index contributed by atoms with van der Waals surface area (Å²) in [6.07, 6.45) is -0.806. The molecule has 30 heavy (non-hydrogen) atoms. The Morgan fingerprint density at radius 1 is 1.20 bits per heavy atom. The van der Waals surface area contributed by atoms with Crippen molar-refractivity contribution in [2.75, 3.05) is 0 Å². The largest absolute Gasteiger partial charge is 0.385 e. The minimum atomic E-state index is -0.806. The lowest BCUT2D eigenvalue weighted by Gasteiger charge is -2.12. The van der Waals surface area contributed by atoms with E-state index in [-0.39, 0.29) is 17.4 Å². The molecule has 1 N–H and O–H groups in total. The van der Waals surface area contributed by atoms with E-state index in [0.29, 0.717) is 17.1 Å². The van der Waals surface area contributed by atoms with Gasteiger partial charge in [-0.2, -0.15) is 0 Å². The van der Waals surface area contributed by atoms with E-state index >= 15 is 0 Å². The maximum atomic E-state index is 13.6. The van der Waals surface area contributed by atoms with E-state index in [4.69, 9.17) is 11.6 Å². The quantitative estimate of drug-likeness (QED) is 0.448. The van der Waals surface area contributed by atoms with Crippen LogP contribution in [-0.2, 0) is 6.54 Å². The van der Waals surface area contributed by atoms with Crippen LogP contribution in [0.4, 0.5) is 4.39 Å². The number of aliphatic hydroxyl groups is 1. The second kappa shape index (κ2) is 7.70. The molecule has 0 radical (unpaired) electrons. The van der Waals surface area contributed by atoms with Crippen molar-refractivity contribution in [1.82, 2.24) is 14.1 Å². The van der Waals surface area contributed by atoms with E-state index in [1.54, 1.807) is 23.6 Å². The smallest absolute Gasteiger partial charge is 0.184 e. The van der Waals surface area contributed by atoms with Gasteiger partial charge in [0.25, 0.3) is 0 Å². The zero-order chi connectivity index (χ0) is 21.6. The number of benzene rings is 2. The monoisotopic (exact) mass is 425 g/mol. The number of Topliss-reactive ketones (excluding diaryl/α,β-unsaturated/α-hetero) is 1. The van der Waals surface area contributed by atoms with E-state index in [0.717, 1.165) is 22.4 Å². The number of ketones is 1. The zero-order valence-electron chi connectivity index (χ0n) is 16.9. The van der Waals surface area contributed by atoms with Crippen LogP contribution in [0.3, 0.4) is 0 Å². The van der Waals surface area contributed by atoms with Gasteiger partial charge in [0.15, 0.2) is 5.78 Å². The highest BCUT2D eigenvalue weighted by molar-refractivity contribution is 6.30. The number of rotatable bonds is 5. The number of imidazole rings is 1. The SMILES string of the molecule is Cc1cc(C(=O)Cn2c([C@@H](C)O)nc3ccccc32)c(C)n1-c1ccc(F)c(Cl)c1. The number of hydrogen-bond donors (Lipinski definition) is 1. The molecule has 0 fully saturated rings. The molecule has 4 rings (SSSR count). The lowest BCUT2D eigenvalue weighted by molar-refractivity contribution is 0.0967. The minimum Gasteiger partial charge on any atom is -0.385 e. The maximum Gasteiger partial charge on any atom is 0.184 e. The number of fused-ring (bicyclic) bond motifs is 1. The van der Waals surface area contributed by atoms with Gasteiger partial charge in [0.2, 0.25) is 0 Å². The number of halogens is 2. The maximum absolute atomic E-state index is 13.6. The first-order valence-electron chi connectivity index (χ1n) is 9.58. The van der Waals surface area contributed by atoms with Gasteiger partial charge in [-0.25, -0.2) is 9.37 Å². The molecule has 0 bridgehead atoms. The van der Waals surface area contributed by atoms with Crippen LogP contribution < -0.4 is 0 Å². The van der Waals surface area contributed by atoms with Crippen molar-refractivity contribution in [3.05, 3.63) is 82.1 Å². The molecule has 2 aromatic carbocycles. The molecule has 2 heterocycles. The van der Waals surface area contributed by atoms with Gasteiger partial charge in [-0.1, -0.05) is 23.7 Å². The highest BCUT2D eigenvalue weighted by Gasteiger charge is 2.21. The molecule has 0 aliphatic carbocycles. The molecule has 0 aliphatic rings. The molecule has 0 unspecified atom stereocenters. The topological polar surface area (TPSA) is 60.1 Å². The van der Waals surface area contributed by atoms with Crippen molar-refractivity contribution in [2.45, 2.75) is 33.4 Å². The number of para-hydroxylation sites is 2. The Balaban J connectivity index is 1.75. The summed E-state index contributed by atoms with van der Waals surface area (Å²) in [6.45, 7) is 5.41. The van der Waals surface area contributed by atoms with Crippen LogP contribution >= 0.6 is 11.6 Å². The van der Waals surface area contributed by atoms with Crippen LogP contribution in [0.15, 0.2) is 48.5 Å². The van der Waals surface area contributed by atoms with Crippen LogP contribution in [0.2, 0.25) is 5.02 Å². The summed E-state index contributed by atoms with van der Waals surface area (Å²) < 4.78 is 17.2. The summed E-state index contributed by atoms with van der Waals surface area (Å²) in [4.78, 5) is 17.7. The summed E-state index contributed by atoms with van der Waals surface area (Å²) in [5, 5.41) is 10.2. The molecule has 0 spiro atoms. The number of nitrogens with zero attached hydrogens (tertiary/aromatic N) is 3. The van der Waals surface area contributed by atoms with Crippen LogP contribution in [-0.4, -0.2) is 25.0 Å². The predicted molar refractivity (Wildman–Crippen MR) is 115 cm³/mol. The Kier molecular flexibility index (Phi) is 5.22. The Labute approximate surface area is 178 Å². The summed E-state index contributed by atoms with van der Waals surface area (Å²) >= 11 is 5.95. The third kappa shape index (κ3) is 3.42. The summed E-state index contributed by atoms with van der Waals surface area (Å²) in [7, 11) is 0. The van der Waals surface area contributed by atoms with Gasteiger partial charge in [0, 0.05) is 22.6 Å². The van der Waals surface area contributed by atoms with Crippen molar-refractivity contribution >= 4 is 28.4 Å². The first-order chi connectivity index (χ1) is 14.3. The van der Waals surface area contributed by atoms with Gasteiger partial charge in [-0.15, -0.1) is 0 Å². The van der Waals surface area contributed by atoms with Crippen molar-refractivity contribution in [2.24, 2.45) is 0 Å². The third-order valence-electron chi connectivity index (χ3n) is 5.25. The molecule has 0 aliphatic heterocycles. The van der Waals surface area contributed by atoms with Gasteiger partial charge in [0.1, 0.15) is 17.7 Å². The fourth-order valence-electron chi connectivity index (χ4n) is 3.87. The van der Waals surface area contributed by atoms with Crippen LogP contribution in [0.1, 0.15) is 40.6 Å². The summed E-state index contributed by atoms with van der Waals surface area (Å²) in [5.41, 5.74) is 4.34. The van der Waals surface area contributed by atoms with Gasteiger partial charge in [-0.05, 0) is 57.2 Å². The van der Waals surface area contributed by atoms with Crippen molar-refractivity contribution in [3.8, 4) is 5.69 Å². The number of aliphatic hydroxyl groups excluding tert-OH is 1. The highest BCUT2D eigenvalue weighted by Crippen LogP contribution is 2.26. The van der Waals surface area contributed by atoms with E-state index in [9.17, 15) is 14.3 Å². The molecule has 0 amide bonds. The second-order valence-corrected chi connectivity index (χ2v) is 7.77. The van der Waals surface area contributed by atoms with Crippen molar-refractivity contribution in [1.29, 1.82) is 0 Å². The fourth-order valence-corrected chi connectivity index (χ4v) is 4.05. The Hall–Kier alpha value is -2.96. The predicted octanol–water partition coefficient (Wildman–Crippen LogP) is 5.17. The number of carbonyl (C=O) groups is 1. The van der Waals surface area contributed by atoms with Crippen LogP contribution in [0.5, 0.6) is 0 Å². The lowest BCUT2D eigenvalue weighted by atomic mass is 10.1. The standard InChI is InChI=1S/C23H21ClFN3O2/c1-13-10-17(14(2)28(13)16-8-9-19(25)18(24)11-16)22(30)12-27-21-7-5-4-6-20(21)26-23(27)15(3)29/h4-11,15,29H,12H2,1-3H3/t15-/m1/s1. The number of hydrogen-bond acceptors (Lipinski definition) is 3. The molecule has 4 aromatic rings. The van der Waals surface area contributed by atoms with Crippen molar-refractivity contribution in [3.63, 3.8) is 0 Å². The highest BCUT2D eigenvalue weighted by atomic mass is 35.5. The second-order valence-electron chi connectivity index (χ2n) is 7.36. The molecule has 154 valence electrons. The average molecular weight is 426 g/mol. The van der Waals surface area contributed by atoms with E-state index in [1.165, 1.54) is 6.07 Å². The molecular weight excluding hydrogens is 405 g/mol. The normalized spacial score (nSPS) is 12.5. The Morgan fingerprint density at radius 3 is 2.63 bits per heavy atom. The summed E-state index contributed by atoms with van der Waals surface area (Å²) in [5.74, 6) is -0.145. The zero-order valence-corrected chi connectivity index (χ0v) is 17.6. The van der Waals surface area contributed by atoms with Crippen molar-refractivity contribution < 1.29 is 14.3 Å². The lowest BCUT2D eigenvalue weighted by Crippen LogP contribution is -2.15. The Bertz CT molecular complexity index is 1270. The van der Waals surface area contributed by atoms with Gasteiger partial charge in [0.05, 0.1) is 22.6 Å². The van der Waals surface area contributed by atoms with Gasteiger partial charge < -0.3 is 14.2 Å². The molecule has 5 nitrogen and oxygen atoms in total. The number of aryl methyl sites for hydroxylation is 1. The third-order valence-corrected chi connectivity index (χ3v) is 5.54. The summed E-state index contributed by atoms with van der Waals surface area (Å²) in [6, 6.07) is 13.8. The molecule has 1 atom stereocenters. The van der Waals surface area contributed by atoms with E-state index < -0.39 is 11.9 Å². The minimum absolute atomic E-state index is 0.0272. The fraction of sp³-hybridized carbons (Fsp3) is 0.217. The van der Waals surface area contributed by atoms with E-state index in [2.05, 4.69) is 4.98 Å². The van der Waals surface area contributed by atoms with Crippen LogP contribution in [0, 0.1) is 19.7 Å². The molecule has 0 saturated carbocycles. The average Bonchev–Trinajstić information content (AvgIpc) is 3.22. The number of carbonyl (C=O) groups excluding carboxylic acids is 1.